The van der Waals surface area contributed by atoms with Crippen molar-refractivity contribution < 1.29 is 89.5 Å². The highest BCUT2D eigenvalue weighted by molar-refractivity contribution is 5.71. The van der Waals surface area contributed by atoms with Gasteiger partial charge >= 0.3 is 11.9 Å². The molecule has 3 rings (SSSR count). The third kappa shape index (κ3) is 19.2. The number of carbonyl (C=O) groups excluding carboxylic acids is 2. The van der Waals surface area contributed by atoms with Gasteiger partial charge in [0.2, 0.25) is 6.41 Å². The molecule has 2 fully saturated rings. The number of aliphatic hydroxyl groups is 10. The largest absolute Gasteiger partial charge is 0.481 e. The zero-order valence-corrected chi connectivity index (χ0v) is 38.5. The van der Waals surface area contributed by atoms with Crippen molar-refractivity contribution in [3.05, 3.63) is 85.1 Å². The Morgan fingerprint density at radius 2 is 1.27 bits per heavy atom. The Hall–Kier alpha value is -3.93. The summed E-state index contributed by atoms with van der Waals surface area (Å²) in [6.07, 6.45) is 2.79. The summed E-state index contributed by atoms with van der Waals surface area (Å²) in [5.41, 5.74) is 0. The first-order valence-electron chi connectivity index (χ1n) is 22.8. The van der Waals surface area contributed by atoms with Crippen molar-refractivity contribution in [3.8, 4) is 0 Å². The Labute approximate surface area is 391 Å². The quantitative estimate of drug-likeness (QED) is 0.132. The number of rotatable bonds is 5. The second-order valence-corrected chi connectivity index (χ2v) is 17.8. The van der Waals surface area contributed by atoms with E-state index in [-0.39, 0.29) is 31.6 Å². The first kappa shape index (κ1) is 57.4. The second-order valence-electron chi connectivity index (χ2n) is 17.8. The summed E-state index contributed by atoms with van der Waals surface area (Å²) in [6, 6.07) is -1.20. The van der Waals surface area contributed by atoms with Crippen molar-refractivity contribution >= 4 is 18.3 Å². The number of amides is 1. The molecule has 378 valence electrons. The van der Waals surface area contributed by atoms with E-state index in [1.807, 2.05) is 13.0 Å². The van der Waals surface area contributed by atoms with Gasteiger partial charge in [-0.3, -0.25) is 14.4 Å². The fraction of sp³-hybridized carbons (Fsp3) is 0.646. The van der Waals surface area contributed by atoms with Crippen molar-refractivity contribution in [2.75, 3.05) is 0 Å². The third-order valence-corrected chi connectivity index (χ3v) is 12.2. The van der Waals surface area contributed by atoms with Crippen LogP contribution in [0.5, 0.6) is 0 Å². The number of carboxylic acid groups (broad SMARTS) is 1. The predicted octanol–water partition coefficient (Wildman–Crippen LogP) is 0.499. The van der Waals surface area contributed by atoms with Crippen LogP contribution in [0.1, 0.15) is 79.1 Å². The number of hydrogen-bond acceptors (Lipinski definition) is 17. The smallest absolute Gasteiger partial charge is 0.311 e. The average molecular weight is 952 g/mol. The molecule has 0 radical (unpaired) electrons. The summed E-state index contributed by atoms with van der Waals surface area (Å²) < 4.78 is 23.2. The molecule has 3 aliphatic rings. The SMILES string of the molecule is C[C@@H]1[C@H](O)[C@@H](C)/C=C/C=C/C=C/C=C/C=C/C=C/C=C/[C@H](O[C@@H]2O[C@H](C)[C@@H](O)[C@H](NC=O)[C@@H]2O)C[C@@H]2O[C@](O)(C[C@@H](O)C[C@@H](O)[C@H](O)CC[C@@H](O)C[C@@H](O)CC(=O)O[C@H]1C)C[C@H](O)[C@H]2C(=O)O. The van der Waals surface area contributed by atoms with Gasteiger partial charge in [0.25, 0.3) is 0 Å². The molecule has 1 amide bonds. The van der Waals surface area contributed by atoms with Crippen LogP contribution in [0.3, 0.4) is 0 Å². The minimum Gasteiger partial charge on any atom is -0.481 e. The first-order valence-corrected chi connectivity index (χ1v) is 22.8. The third-order valence-electron chi connectivity index (χ3n) is 12.2. The standard InChI is InChI=1S/C48H73NO18/c1-28-17-15-13-11-9-7-5-6-8-10-12-14-16-18-35(66-47-45(60)42(49-27-50)44(59)31(4)65-47)24-39-41(46(61)62)38(56)26-48(63,67-39)25-34(53)22-37(55)36(54)20-19-32(51)21-33(52)23-40(57)64-30(3)29(2)43(28)58/h5-18,27-39,41-45,47,51-56,58-60,63H,19-26H2,1-4H3,(H,49,50)(H,61,62)/b6-5+,9-7+,10-8+,13-11+,14-12+,17-15+,18-16+/t28-,29-,30-,31+,32+,33+,34-,35-,36+,37+,38-,39-,41+,42-,43+,44+,45-,47-,48+/m0/s1. The van der Waals surface area contributed by atoms with E-state index in [4.69, 9.17) is 18.9 Å². The van der Waals surface area contributed by atoms with Gasteiger partial charge in [-0.25, -0.2) is 0 Å². The number of aliphatic hydroxyl groups excluding tert-OH is 9. The Morgan fingerprint density at radius 3 is 1.85 bits per heavy atom. The predicted molar refractivity (Wildman–Crippen MR) is 242 cm³/mol. The monoisotopic (exact) mass is 951 g/mol. The van der Waals surface area contributed by atoms with Gasteiger partial charge in [-0.15, -0.1) is 0 Å². The minimum atomic E-state index is -2.36. The number of ether oxygens (including phenoxy) is 4. The molecule has 2 bridgehead atoms. The lowest BCUT2D eigenvalue weighted by atomic mass is 9.82. The average Bonchev–Trinajstić information content (AvgIpc) is 3.24. The Balaban J connectivity index is 1.88. The molecule has 19 nitrogen and oxygen atoms in total. The molecule has 0 spiro atoms. The summed E-state index contributed by atoms with van der Waals surface area (Å²) in [5.74, 6) is -6.94. The molecule has 0 aromatic rings. The van der Waals surface area contributed by atoms with Gasteiger partial charge in [0, 0.05) is 37.5 Å². The van der Waals surface area contributed by atoms with Crippen molar-refractivity contribution in [3.63, 3.8) is 0 Å². The highest BCUT2D eigenvalue weighted by Gasteiger charge is 2.51. The molecular weight excluding hydrogens is 879 g/mol. The van der Waals surface area contributed by atoms with Crippen LogP contribution < -0.4 is 5.32 Å². The molecule has 3 heterocycles. The zero-order chi connectivity index (χ0) is 49.8. The Morgan fingerprint density at radius 1 is 0.687 bits per heavy atom. The van der Waals surface area contributed by atoms with E-state index in [9.17, 15) is 70.6 Å². The number of esters is 1. The Kier molecular flexibility index (Phi) is 24.4. The van der Waals surface area contributed by atoms with Crippen molar-refractivity contribution in [2.24, 2.45) is 17.8 Å². The lowest BCUT2D eigenvalue weighted by molar-refractivity contribution is -0.309. The van der Waals surface area contributed by atoms with E-state index < -0.39 is 147 Å². The number of carbonyl (C=O) groups is 3. The van der Waals surface area contributed by atoms with Crippen LogP contribution in [0.2, 0.25) is 0 Å². The molecule has 3 aliphatic heterocycles. The lowest BCUT2D eigenvalue weighted by Gasteiger charge is -2.45. The molecule has 0 aromatic carbocycles. The molecule has 67 heavy (non-hydrogen) atoms. The number of hydrogen-bond donors (Lipinski definition) is 12. The number of nitrogens with one attached hydrogen (secondary N) is 1. The summed E-state index contributed by atoms with van der Waals surface area (Å²) in [4.78, 5) is 36.4. The van der Waals surface area contributed by atoms with Crippen LogP contribution in [0, 0.1) is 17.8 Å². The molecule has 19 heteroatoms. The first-order chi connectivity index (χ1) is 31.7. The fourth-order valence-electron chi connectivity index (χ4n) is 8.21. The number of allylic oxidation sites excluding steroid dienone is 12. The number of cyclic esters (lactones) is 1. The van der Waals surface area contributed by atoms with Gasteiger partial charge in [0.1, 0.15) is 24.2 Å². The van der Waals surface area contributed by atoms with E-state index in [1.54, 1.807) is 86.8 Å². The van der Waals surface area contributed by atoms with Crippen molar-refractivity contribution in [1.82, 2.24) is 5.32 Å². The molecule has 0 saturated carbocycles. The summed E-state index contributed by atoms with van der Waals surface area (Å²) in [5, 5.41) is 121. The van der Waals surface area contributed by atoms with Gasteiger partial charge < -0.3 is 80.4 Å². The fourth-order valence-corrected chi connectivity index (χ4v) is 8.21. The lowest BCUT2D eigenvalue weighted by Crippen LogP contribution is -2.63. The maximum absolute atomic E-state index is 12.6. The van der Waals surface area contributed by atoms with Crippen LogP contribution in [0.25, 0.3) is 0 Å². The van der Waals surface area contributed by atoms with Gasteiger partial charge in [-0.1, -0.05) is 98.9 Å². The van der Waals surface area contributed by atoms with Crippen LogP contribution in [0.15, 0.2) is 85.1 Å². The van der Waals surface area contributed by atoms with Crippen LogP contribution >= 0.6 is 0 Å². The van der Waals surface area contributed by atoms with Gasteiger partial charge in [-0.05, 0) is 33.1 Å². The molecule has 0 aliphatic carbocycles. The summed E-state index contributed by atoms with van der Waals surface area (Å²) in [7, 11) is 0. The van der Waals surface area contributed by atoms with E-state index in [2.05, 4.69) is 5.32 Å². The highest BCUT2D eigenvalue weighted by atomic mass is 16.7. The van der Waals surface area contributed by atoms with Crippen LogP contribution in [-0.4, -0.2) is 172 Å². The topological polar surface area (TPSA) is 323 Å². The van der Waals surface area contributed by atoms with E-state index in [1.165, 1.54) is 13.0 Å². The molecule has 12 N–H and O–H groups in total. The molecule has 2 saturated heterocycles. The van der Waals surface area contributed by atoms with E-state index in [0.29, 0.717) is 6.41 Å². The molecule has 19 atom stereocenters. The van der Waals surface area contributed by atoms with Gasteiger partial charge in [0.05, 0.1) is 73.5 Å². The summed E-state index contributed by atoms with van der Waals surface area (Å²) in [6.45, 7) is 6.69. The maximum atomic E-state index is 12.6. The van der Waals surface area contributed by atoms with Crippen LogP contribution in [0.4, 0.5) is 0 Å². The van der Waals surface area contributed by atoms with Gasteiger partial charge in [-0.2, -0.15) is 0 Å². The second kappa shape index (κ2) is 28.5. The van der Waals surface area contributed by atoms with Crippen LogP contribution in [-0.2, 0) is 33.3 Å². The zero-order valence-electron chi connectivity index (χ0n) is 38.5. The molecule has 0 aromatic heterocycles. The Bertz CT molecular complexity index is 1730. The molecule has 0 unspecified atom stereocenters. The number of fused-ring (bicyclic) bond motifs is 2. The van der Waals surface area contributed by atoms with Gasteiger partial charge in [0.15, 0.2) is 12.1 Å². The number of carboxylic acids is 1. The minimum absolute atomic E-state index is 0.119. The van der Waals surface area contributed by atoms with E-state index >= 15 is 0 Å². The van der Waals surface area contributed by atoms with Crippen molar-refractivity contribution in [2.45, 2.75) is 177 Å². The molecular formula is C48H73NO18. The number of aliphatic carboxylic acids is 1. The summed E-state index contributed by atoms with van der Waals surface area (Å²) >= 11 is 0. The van der Waals surface area contributed by atoms with Crippen molar-refractivity contribution in [1.29, 1.82) is 0 Å². The highest BCUT2D eigenvalue weighted by Crippen LogP contribution is 2.38. The maximum Gasteiger partial charge on any atom is 0.311 e. The van der Waals surface area contributed by atoms with E-state index in [0.717, 1.165) is 0 Å². The normalized spacial score (nSPS) is 44.4.